The van der Waals surface area contributed by atoms with E-state index in [2.05, 4.69) is 193 Å². The van der Waals surface area contributed by atoms with Crippen LogP contribution in [0.2, 0.25) is 0 Å². The van der Waals surface area contributed by atoms with Crippen molar-refractivity contribution in [3.63, 3.8) is 0 Å². The molecule has 8 aromatic carbocycles. The van der Waals surface area contributed by atoms with Gasteiger partial charge in [-0.1, -0.05) is 24.3 Å². The summed E-state index contributed by atoms with van der Waals surface area (Å²) in [6.45, 7) is 0. The molecule has 0 radical (unpaired) electrons. The number of alkyl halides is 1. The molecule has 0 atom stereocenters. The van der Waals surface area contributed by atoms with Crippen LogP contribution in [0.15, 0.2) is 194 Å². The summed E-state index contributed by atoms with van der Waals surface area (Å²) in [5, 5.41) is 2.48. The number of nitrogens with zero attached hydrogens (tertiary/aromatic N) is 2. The van der Waals surface area contributed by atoms with E-state index in [9.17, 15) is 0 Å². The zero-order chi connectivity index (χ0) is 39.3. The molecule has 10 aromatic rings. The monoisotopic (exact) mass is 996 g/mol. The van der Waals surface area contributed by atoms with Crippen LogP contribution in [0.25, 0.3) is 61.0 Å². The fourth-order valence-corrected chi connectivity index (χ4v) is 21.4. The minimum atomic E-state index is -2.23. The van der Waals surface area contributed by atoms with Gasteiger partial charge in [-0.2, -0.15) is 0 Å². The molecule has 13 rings (SSSR count). The molecule has 0 unspecified atom stereocenters. The SMILES string of the molecule is c1ccc(-c2ccc3c(c2)c2cc(-c4ccc5c(c4)-c4ncccc4I5c4cc5c6c(c4)Oc4ccccc4I(C6)c4ccccc4O5)ccc2n3-c2ccccc2)cc1. The van der Waals surface area contributed by atoms with Gasteiger partial charge in [0.2, 0.25) is 0 Å². The number of pyridine rings is 1. The first kappa shape index (κ1) is 34.6. The first-order chi connectivity index (χ1) is 29.7. The first-order valence-corrected chi connectivity index (χ1v) is 27.0. The van der Waals surface area contributed by atoms with Gasteiger partial charge >= 0.3 is 340 Å². The van der Waals surface area contributed by atoms with Gasteiger partial charge in [-0.3, -0.25) is 0 Å². The zero-order valence-corrected chi connectivity index (χ0v) is 36.5. The Kier molecular flexibility index (Phi) is 7.88. The number of ether oxygens (including phenoxy) is 2. The topological polar surface area (TPSA) is 36.3 Å². The van der Waals surface area contributed by atoms with Crippen molar-refractivity contribution in [3.05, 3.63) is 218 Å². The van der Waals surface area contributed by atoms with Crippen LogP contribution in [0.5, 0.6) is 23.0 Å². The van der Waals surface area contributed by atoms with Gasteiger partial charge in [-0.25, -0.2) is 0 Å². The summed E-state index contributed by atoms with van der Waals surface area (Å²) in [4.78, 5) is 5.08. The summed E-state index contributed by atoms with van der Waals surface area (Å²) in [5.74, 6) is 3.86. The summed E-state index contributed by atoms with van der Waals surface area (Å²) in [5.41, 5.74) is 11.9. The first-order valence-electron chi connectivity index (χ1n) is 20.1. The Morgan fingerprint density at radius 2 is 1.02 bits per heavy atom. The van der Waals surface area contributed by atoms with Crippen LogP contribution in [0.3, 0.4) is 0 Å². The van der Waals surface area contributed by atoms with Gasteiger partial charge in [0.25, 0.3) is 0 Å². The van der Waals surface area contributed by atoms with Crippen LogP contribution >= 0.6 is 39.6 Å². The van der Waals surface area contributed by atoms with Crippen molar-refractivity contribution in [1.82, 2.24) is 9.55 Å². The average molecular weight is 997 g/mol. The predicted molar refractivity (Wildman–Crippen MR) is 260 cm³/mol. The maximum atomic E-state index is 6.91. The van der Waals surface area contributed by atoms with Gasteiger partial charge in [0, 0.05) is 0 Å². The molecule has 0 amide bonds. The molecule has 0 saturated carbocycles. The molecule has 0 N–H and O–H groups in total. The van der Waals surface area contributed by atoms with Crippen molar-refractivity contribution in [1.29, 1.82) is 0 Å². The normalized spacial score (nSPS) is 14.3. The second-order valence-corrected chi connectivity index (χ2v) is 25.6. The molecule has 60 heavy (non-hydrogen) atoms. The molecule has 0 aliphatic carbocycles. The van der Waals surface area contributed by atoms with E-state index >= 15 is 0 Å². The molecule has 4 nitrogen and oxygen atoms in total. The van der Waals surface area contributed by atoms with Gasteiger partial charge in [-0.05, 0) is 0 Å². The average Bonchev–Trinajstić information content (AvgIpc) is 3.67. The Labute approximate surface area is 361 Å². The summed E-state index contributed by atoms with van der Waals surface area (Å²) in [6, 6.07) is 68.8. The Morgan fingerprint density at radius 1 is 0.450 bits per heavy atom. The van der Waals surface area contributed by atoms with E-state index in [1.807, 2.05) is 6.20 Å². The molecule has 5 heterocycles. The molecule has 3 aliphatic rings. The van der Waals surface area contributed by atoms with Crippen LogP contribution in [-0.4, -0.2) is 9.55 Å². The number of rotatable bonds is 4. The molecule has 2 bridgehead atoms. The number of benzene rings is 8. The summed E-state index contributed by atoms with van der Waals surface area (Å²) < 4.78 is 24.0. The number of hydrogen-bond acceptors (Lipinski definition) is 3. The van der Waals surface area contributed by atoms with Crippen molar-refractivity contribution in [3.8, 4) is 62.2 Å². The van der Waals surface area contributed by atoms with E-state index in [4.69, 9.17) is 14.5 Å². The smallest absolute Gasteiger partial charge is 0.0617 e. The van der Waals surface area contributed by atoms with Crippen molar-refractivity contribution >= 4 is 61.4 Å². The van der Waals surface area contributed by atoms with Crippen LogP contribution in [0.4, 0.5) is 0 Å². The number of fused-ring (bicyclic) bond motifs is 11. The third-order valence-corrected chi connectivity index (χ3v) is 23.9. The molecular formula is C54H34I2N2O2. The third-order valence-electron chi connectivity index (χ3n) is 11.8. The van der Waals surface area contributed by atoms with Crippen molar-refractivity contribution in [2.24, 2.45) is 0 Å². The minimum absolute atomic E-state index is 0.939. The number of halogens is 2. The Morgan fingerprint density at radius 3 is 1.70 bits per heavy atom. The fraction of sp³-hybridized carbons (Fsp3) is 0.0185. The standard InChI is InChI=1S/C54H34I2N2O2/c1-3-12-34(13-4-1)35-22-25-48-40(28-35)41-29-37(23-26-49(41)58(48)39-14-5-2-6-15-39)36-21-24-44-42(30-36)54-47(18-11-27-57-54)56(44)38-31-52-43-33-55(45-16-7-9-19-50(45)59-52)46-17-8-10-20-51(46)60-53(43)32-38/h1-32H,33H2. The van der Waals surface area contributed by atoms with E-state index in [0.29, 0.717) is 0 Å². The van der Waals surface area contributed by atoms with Crippen LogP contribution in [0, 0.1) is 17.9 Å². The molecule has 286 valence electrons. The molecule has 0 fully saturated rings. The van der Waals surface area contributed by atoms with Gasteiger partial charge in [0.05, 0.1) is 0 Å². The van der Waals surface area contributed by atoms with E-state index in [1.165, 1.54) is 73.0 Å². The van der Waals surface area contributed by atoms with Crippen LogP contribution < -0.4 is 9.47 Å². The van der Waals surface area contributed by atoms with E-state index in [0.717, 1.165) is 38.8 Å². The van der Waals surface area contributed by atoms with E-state index in [-0.39, 0.29) is 0 Å². The van der Waals surface area contributed by atoms with Gasteiger partial charge in [0.1, 0.15) is 0 Å². The second-order valence-electron chi connectivity index (χ2n) is 15.3. The van der Waals surface area contributed by atoms with E-state index in [1.54, 1.807) is 0 Å². The summed E-state index contributed by atoms with van der Waals surface area (Å²) >= 11 is -4.11. The summed E-state index contributed by atoms with van der Waals surface area (Å²) in [6.07, 6.45) is 1.94. The van der Waals surface area contributed by atoms with Gasteiger partial charge < -0.3 is 0 Å². The van der Waals surface area contributed by atoms with Crippen molar-refractivity contribution in [2.75, 3.05) is 0 Å². The zero-order valence-electron chi connectivity index (χ0n) is 32.1. The number of para-hydroxylation sites is 3. The Hall–Kier alpha value is -6.23. The quantitative estimate of drug-likeness (QED) is 0.130. The predicted octanol–water partition coefficient (Wildman–Crippen LogP) is 14.9. The second kappa shape index (κ2) is 13.7. The minimum Gasteiger partial charge on any atom is -0.0617 e. The number of aromatic nitrogens is 2. The molecule has 3 aliphatic heterocycles. The summed E-state index contributed by atoms with van der Waals surface area (Å²) in [7, 11) is 0. The molecule has 2 aromatic heterocycles. The Balaban J connectivity index is 0.960. The van der Waals surface area contributed by atoms with Crippen molar-refractivity contribution in [2.45, 2.75) is 4.43 Å². The van der Waals surface area contributed by atoms with Crippen molar-refractivity contribution < 1.29 is 9.47 Å². The number of hydrogen-bond donors (Lipinski definition) is 0. The van der Waals surface area contributed by atoms with Gasteiger partial charge in [0.15, 0.2) is 0 Å². The molecular weight excluding hydrogens is 962 g/mol. The third kappa shape index (κ3) is 5.36. The van der Waals surface area contributed by atoms with Gasteiger partial charge in [-0.15, -0.1) is 0 Å². The molecule has 6 heteroatoms. The molecule has 0 spiro atoms. The van der Waals surface area contributed by atoms with Crippen LogP contribution in [0.1, 0.15) is 5.56 Å². The maximum absolute atomic E-state index is 6.91. The molecule has 0 saturated heterocycles. The van der Waals surface area contributed by atoms with E-state index < -0.39 is 39.6 Å². The van der Waals surface area contributed by atoms with Crippen LogP contribution in [-0.2, 0) is 4.43 Å². The Bertz CT molecular complexity index is 3310. The fourth-order valence-electron chi connectivity index (χ4n) is 9.07.